The third-order valence-corrected chi connectivity index (χ3v) is 3.71. The van der Waals surface area contributed by atoms with Crippen molar-refractivity contribution in [3.8, 4) is 0 Å². The van der Waals surface area contributed by atoms with E-state index in [1.165, 1.54) is 25.1 Å². The van der Waals surface area contributed by atoms with Crippen LogP contribution in [0.15, 0.2) is 42.5 Å². The van der Waals surface area contributed by atoms with Crippen LogP contribution in [0.1, 0.15) is 22.8 Å². The number of benzene rings is 2. The van der Waals surface area contributed by atoms with Gasteiger partial charge in [0.25, 0.3) is 5.91 Å². The number of carbonyl (C=O) groups excluding carboxylic acids is 2. The fraction of sp³-hybridized carbons (Fsp3) is 0.176. The lowest BCUT2D eigenvalue weighted by Crippen LogP contribution is -2.25. The molecule has 1 aliphatic rings. The molecule has 1 aliphatic heterocycles. The Hall–Kier alpha value is -2.69. The summed E-state index contributed by atoms with van der Waals surface area (Å²) >= 11 is 0. The topological polar surface area (TPSA) is 49.4 Å². The van der Waals surface area contributed by atoms with Crippen molar-refractivity contribution in [3.05, 3.63) is 59.4 Å². The summed E-state index contributed by atoms with van der Waals surface area (Å²) in [5, 5.41) is 2.73. The van der Waals surface area contributed by atoms with E-state index in [-0.39, 0.29) is 17.4 Å². The van der Waals surface area contributed by atoms with Gasteiger partial charge in [-0.25, -0.2) is 4.39 Å². The molecule has 0 fully saturated rings. The highest BCUT2D eigenvalue weighted by molar-refractivity contribution is 6.05. The molecule has 0 radical (unpaired) electrons. The zero-order valence-electron chi connectivity index (χ0n) is 12.1. The third kappa shape index (κ3) is 2.70. The maximum Gasteiger partial charge on any atom is 0.255 e. The lowest BCUT2D eigenvalue weighted by Gasteiger charge is -2.15. The first-order valence-electron chi connectivity index (χ1n) is 7.02. The number of rotatable bonds is 2. The number of carbonyl (C=O) groups is 2. The third-order valence-electron chi connectivity index (χ3n) is 3.71. The molecule has 0 saturated heterocycles. The van der Waals surface area contributed by atoms with Crippen LogP contribution >= 0.6 is 0 Å². The predicted octanol–water partition coefficient (Wildman–Crippen LogP) is 2.99. The second-order valence-electron chi connectivity index (χ2n) is 5.23. The SMILES string of the molecule is CC(=O)N1CCc2ccc(NC(=O)c3cccc(F)c3)cc21. The van der Waals surface area contributed by atoms with Crippen LogP contribution in [0.2, 0.25) is 0 Å². The Morgan fingerprint density at radius 3 is 2.73 bits per heavy atom. The predicted molar refractivity (Wildman–Crippen MR) is 82.5 cm³/mol. The molecule has 5 heteroatoms. The first kappa shape index (κ1) is 14.3. The van der Waals surface area contributed by atoms with Crippen LogP contribution in [0.5, 0.6) is 0 Å². The smallest absolute Gasteiger partial charge is 0.255 e. The molecule has 0 aromatic heterocycles. The number of anilines is 2. The van der Waals surface area contributed by atoms with Gasteiger partial charge in [0.1, 0.15) is 5.82 Å². The summed E-state index contributed by atoms with van der Waals surface area (Å²) in [6.07, 6.45) is 0.813. The Morgan fingerprint density at radius 2 is 2.00 bits per heavy atom. The number of hydrogen-bond donors (Lipinski definition) is 1. The molecule has 0 saturated carbocycles. The molecule has 0 aliphatic carbocycles. The van der Waals surface area contributed by atoms with Crippen molar-refractivity contribution in [2.24, 2.45) is 0 Å². The standard InChI is InChI=1S/C17H15FN2O2/c1-11(21)20-8-7-12-5-6-15(10-16(12)20)19-17(22)13-3-2-4-14(18)9-13/h2-6,9-10H,7-8H2,1H3,(H,19,22). The summed E-state index contributed by atoms with van der Waals surface area (Å²) < 4.78 is 13.2. The Morgan fingerprint density at radius 1 is 1.18 bits per heavy atom. The van der Waals surface area contributed by atoms with E-state index < -0.39 is 5.82 Å². The molecular weight excluding hydrogens is 283 g/mol. The second-order valence-corrected chi connectivity index (χ2v) is 5.23. The average molecular weight is 298 g/mol. The van der Waals surface area contributed by atoms with E-state index in [1.807, 2.05) is 6.07 Å². The highest BCUT2D eigenvalue weighted by Crippen LogP contribution is 2.31. The van der Waals surface area contributed by atoms with Crippen LogP contribution < -0.4 is 10.2 Å². The largest absolute Gasteiger partial charge is 0.322 e. The molecule has 2 aromatic rings. The minimum Gasteiger partial charge on any atom is -0.322 e. The van der Waals surface area contributed by atoms with Crippen LogP contribution in [0.25, 0.3) is 0 Å². The van der Waals surface area contributed by atoms with Gasteiger partial charge in [-0.05, 0) is 42.3 Å². The van der Waals surface area contributed by atoms with Gasteiger partial charge in [0.15, 0.2) is 0 Å². The molecule has 0 unspecified atom stereocenters. The first-order valence-corrected chi connectivity index (χ1v) is 7.02. The molecule has 0 atom stereocenters. The van der Waals surface area contributed by atoms with Crippen LogP contribution in [-0.2, 0) is 11.2 Å². The van der Waals surface area contributed by atoms with Crippen molar-refractivity contribution in [1.29, 1.82) is 0 Å². The molecule has 1 heterocycles. The van der Waals surface area contributed by atoms with Gasteiger partial charge >= 0.3 is 0 Å². The molecule has 22 heavy (non-hydrogen) atoms. The van der Waals surface area contributed by atoms with Crippen molar-refractivity contribution in [3.63, 3.8) is 0 Å². The lowest BCUT2D eigenvalue weighted by molar-refractivity contribution is -0.116. The normalized spacial score (nSPS) is 12.9. The van der Waals surface area contributed by atoms with Crippen LogP contribution in [-0.4, -0.2) is 18.4 Å². The van der Waals surface area contributed by atoms with Crippen molar-refractivity contribution in [2.75, 3.05) is 16.8 Å². The minimum atomic E-state index is -0.454. The van der Waals surface area contributed by atoms with E-state index in [4.69, 9.17) is 0 Å². The summed E-state index contributed by atoms with van der Waals surface area (Å²) in [5.41, 5.74) is 2.74. The summed E-state index contributed by atoms with van der Waals surface area (Å²) in [7, 11) is 0. The average Bonchev–Trinajstić information content (AvgIpc) is 2.90. The number of nitrogens with one attached hydrogen (secondary N) is 1. The van der Waals surface area contributed by atoms with Gasteiger partial charge in [-0.15, -0.1) is 0 Å². The number of nitrogens with zero attached hydrogens (tertiary/aromatic N) is 1. The van der Waals surface area contributed by atoms with Crippen molar-refractivity contribution >= 4 is 23.2 Å². The minimum absolute atomic E-state index is 0.0210. The molecule has 112 valence electrons. The number of amides is 2. The Kier molecular flexibility index (Phi) is 3.63. The van der Waals surface area contributed by atoms with Crippen LogP contribution in [0, 0.1) is 5.82 Å². The highest BCUT2D eigenvalue weighted by atomic mass is 19.1. The van der Waals surface area contributed by atoms with E-state index in [0.29, 0.717) is 12.2 Å². The number of hydrogen-bond acceptors (Lipinski definition) is 2. The van der Waals surface area contributed by atoms with Gasteiger partial charge in [0.2, 0.25) is 5.91 Å². The maximum atomic E-state index is 13.2. The van der Waals surface area contributed by atoms with Crippen molar-refractivity contribution in [1.82, 2.24) is 0 Å². The van der Waals surface area contributed by atoms with E-state index in [2.05, 4.69) is 5.32 Å². The molecule has 2 aromatic carbocycles. The Bertz CT molecular complexity index is 758. The Balaban J connectivity index is 1.83. The quantitative estimate of drug-likeness (QED) is 0.926. The number of halogens is 1. The van der Waals surface area contributed by atoms with Crippen molar-refractivity contribution in [2.45, 2.75) is 13.3 Å². The van der Waals surface area contributed by atoms with Crippen molar-refractivity contribution < 1.29 is 14.0 Å². The van der Waals surface area contributed by atoms with Gasteiger partial charge in [0, 0.05) is 30.4 Å². The monoisotopic (exact) mass is 298 g/mol. The first-order chi connectivity index (χ1) is 10.5. The second kappa shape index (κ2) is 5.60. The zero-order chi connectivity index (χ0) is 15.7. The highest BCUT2D eigenvalue weighted by Gasteiger charge is 2.22. The van der Waals surface area contributed by atoms with E-state index in [9.17, 15) is 14.0 Å². The summed E-state index contributed by atoms with van der Waals surface area (Å²) in [5.74, 6) is -0.858. The summed E-state index contributed by atoms with van der Waals surface area (Å²) in [6.45, 7) is 2.18. The fourth-order valence-corrected chi connectivity index (χ4v) is 2.62. The lowest BCUT2D eigenvalue weighted by atomic mass is 10.1. The van der Waals surface area contributed by atoms with Gasteiger partial charge in [-0.2, -0.15) is 0 Å². The summed E-state index contributed by atoms with van der Waals surface area (Å²) in [6, 6.07) is 11.0. The summed E-state index contributed by atoms with van der Waals surface area (Å²) in [4.78, 5) is 25.4. The Labute approximate surface area is 127 Å². The van der Waals surface area contributed by atoms with Crippen LogP contribution in [0.3, 0.4) is 0 Å². The molecule has 4 nitrogen and oxygen atoms in total. The maximum absolute atomic E-state index is 13.2. The van der Waals surface area contributed by atoms with E-state index in [0.717, 1.165) is 17.7 Å². The molecule has 0 bridgehead atoms. The van der Waals surface area contributed by atoms with E-state index >= 15 is 0 Å². The molecular formula is C17H15FN2O2. The molecule has 0 spiro atoms. The molecule has 1 N–H and O–H groups in total. The van der Waals surface area contributed by atoms with Gasteiger partial charge in [-0.1, -0.05) is 12.1 Å². The van der Waals surface area contributed by atoms with Gasteiger partial charge in [-0.3, -0.25) is 9.59 Å². The zero-order valence-corrected chi connectivity index (χ0v) is 12.1. The van der Waals surface area contributed by atoms with Crippen LogP contribution in [0.4, 0.5) is 15.8 Å². The molecule has 3 rings (SSSR count). The van der Waals surface area contributed by atoms with Gasteiger partial charge < -0.3 is 10.2 Å². The van der Waals surface area contributed by atoms with Gasteiger partial charge in [0.05, 0.1) is 0 Å². The number of fused-ring (bicyclic) bond motifs is 1. The molecule has 2 amide bonds. The van der Waals surface area contributed by atoms with E-state index in [1.54, 1.807) is 23.1 Å². The fourth-order valence-electron chi connectivity index (χ4n) is 2.62.